The Kier molecular flexibility index (Phi) is 7.08. The smallest absolute Gasteiger partial charge is 0.252 e. The molecule has 1 saturated heterocycles. The zero-order valence-corrected chi connectivity index (χ0v) is 17.8. The molecule has 0 aliphatic carbocycles. The quantitative estimate of drug-likeness (QED) is 0.736. The van der Waals surface area contributed by atoms with E-state index in [1.807, 2.05) is 38.1 Å². The molecule has 2 aromatic carbocycles. The minimum Gasteiger partial charge on any atom is -0.341 e. The molecule has 2 amide bonds. The van der Waals surface area contributed by atoms with Crippen LogP contribution in [0.3, 0.4) is 0 Å². The minimum atomic E-state index is -1.10. The van der Waals surface area contributed by atoms with Gasteiger partial charge in [-0.2, -0.15) is 0 Å². The maximum atomic E-state index is 13.4. The van der Waals surface area contributed by atoms with Crippen molar-refractivity contribution in [3.8, 4) is 0 Å². The van der Waals surface area contributed by atoms with Gasteiger partial charge < -0.3 is 10.2 Å². The van der Waals surface area contributed by atoms with E-state index in [9.17, 15) is 18.4 Å². The largest absolute Gasteiger partial charge is 0.341 e. The molecular formula is C23H25ClF2N2O2. The Morgan fingerprint density at radius 3 is 2.23 bits per heavy atom. The van der Waals surface area contributed by atoms with Crippen molar-refractivity contribution in [2.75, 3.05) is 13.1 Å². The number of nitrogens with zero attached hydrogens (tertiary/aromatic N) is 1. The third-order valence-electron chi connectivity index (χ3n) is 5.55. The lowest BCUT2D eigenvalue weighted by molar-refractivity contribution is -0.135. The van der Waals surface area contributed by atoms with Gasteiger partial charge in [-0.1, -0.05) is 37.6 Å². The van der Waals surface area contributed by atoms with Crippen LogP contribution >= 0.6 is 11.6 Å². The average Bonchev–Trinajstić information content (AvgIpc) is 2.74. The second-order valence-electron chi connectivity index (χ2n) is 7.98. The number of piperidine rings is 1. The highest BCUT2D eigenvalue weighted by Gasteiger charge is 2.32. The highest BCUT2D eigenvalue weighted by Crippen LogP contribution is 2.29. The van der Waals surface area contributed by atoms with E-state index in [1.165, 1.54) is 11.6 Å². The van der Waals surface area contributed by atoms with Gasteiger partial charge in [-0.15, -0.1) is 0 Å². The van der Waals surface area contributed by atoms with Crippen LogP contribution in [0.15, 0.2) is 42.5 Å². The number of halogens is 3. The van der Waals surface area contributed by atoms with Crippen LogP contribution in [0.1, 0.15) is 48.5 Å². The first kappa shape index (κ1) is 22.2. The maximum absolute atomic E-state index is 13.4. The van der Waals surface area contributed by atoms with Gasteiger partial charge in [-0.05, 0) is 60.6 Å². The Labute approximate surface area is 180 Å². The molecule has 7 heteroatoms. The molecule has 0 spiro atoms. The number of hydrogen-bond donors (Lipinski definition) is 1. The van der Waals surface area contributed by atoms with Crippen molar-refractivity contribution in [1.82, 2.24) is 10.2 Å². The van der Waals surface area contributed by atoms with Crippen LogP contribution in [0, 0.1) is 17.6 Å². The van der Waals surface area contributed by atoms with E-state index in [4.69, 9.17) is 11.6 Å². The lowest BCUT2D eigenvalue weighted by atomic mass is 9.89. The molecule has 0 unspecified atom stereocenters. The third-order valence-corrected chi connectivity index (χ3v) is 5.80. The Balaban J connectivity index is 1.63. The molecule has 0 aromatic heterocycles. The monoisotopic (exact) mass is 434 g/mol. The summed E-state index contributed by atoms with van der Waals surface area (Å²) < 4.78 is 26.6. The van der Waals surface area contributed by atoms with Crippen LogP contribution in [0.5, 0.6) is 0 Å². The summed E-state index contributed by atoms with van der Waals surface area (Å²) in [6, 6.07) is 9.98. The number of likely N-dealkylation sites (tertiary alicyclic amines) is 1. The van der Waals surface area contributed by atoms with Crippen LogP contribution in [-0.4, -0.2) is 35.8 Å². The summed E-state index contributed by atoms with van der Waals surface area (Å²) in [6.07, 6.45) is 1.66. The fourth-order valence-corrected chi connectivity index (χ4v) is 3.87. The molecule has 0 bridgehead atoms. The fraction of sp³-hybridized carbons (Fsp3) is 0.391. The minimum absolute atomic E-state index is 0.0196. The van der Waals surface area contributed by atoms with Crippen molar-refractivity contribution in [1.29, 1.82) is 0 Å². The van der Waals surface area contributed by atoms with Gasteiger partial charge >= 0.3 is 0 Å². The molecule has 160 valence electrons. The number of nitrogens with one attached hydrogen (secondary N) is 1. The number of carbonyl (C=O) groups is 2. The zero-order valence-electron chi connectivity index (χ0n) is 17.0. The maximum Gasteiger partial charge on any atom is 0.252 e. The molecule has 1 atom stereocenters. The summed E-state index contributed by atoms with van der Waals surface area (Å²) in [5, 5.41) is 3.39. The summed E-state index contributed by atoms with van der Waals surface area (Å²) in [6.45, 7) is 4.87. The average molecular weight is 435 g/mol. The molecule has 1 fully saturated rings. The standard InChI is InChI=1S/C23H25ClF2N2O2/c1-14(2)21(27-22(29)17-5-8-19(25)20(26)13-17)23(30)28-11-9-16(10-12-28)15-3-6-18(24)7-4-15/h3-8,13-14,16,21H,9-12H2,1-2H3,(H,27,29)/t21-/m1/s1. The highest BCUT2D eigenvalue weighted by molar-refractivity contribution is 6.30. The molecule has 1 N–H and O–H groups in total. The molecule has 0 saturated carbocycles. The highest BCUT2D eigenvalue weighted by atomic mass is 35.5. The van der Waals surface area contributed by atoms with Crippen molar-refractivity contribution in [3.05, 3.63) is 70.2 Å². The van der Waals surface area contributed by atoms with Gasteiger partial charge in [0.1, 0.15) is 6.04 Å². The van der Waals surface area contributed by atoms with Crippen LogP contribution in [0.2, 0.25) is 5.02 Å². The topological polar surface area (TPSA) is 49.4 Å². The van der Waals surface area contributed by atoms with E-state index in [-0.39, 0.29) is 17.4 Å². The number of carbonyl (C=O) groups excluding carboxylic acids is 2. The predicted molar refractivity (Wildman–Crippen MR) is 112 cm³/mol. The molecule has 2 aromatic rings. The van der Waals surface area contributed by atoms with Gasteiger partial charge in [0.2, 0.25) is 5.91 Å². The second kappa shape index (κ2) is 9.56. The Bertz CT molecular complexity index is 910. The van der Waals surface area contributed by atoms with E-state index in [2.05, 4.69) is 5.32 Å². The lowest BCUT2D eigenvalue weighted by Gasteiger charge is -2.35. The molecule has 1 aliphatic rings. The molecule has 1 aliphatic heterocycles. The van der Waals surface area contributed by atoms with Gasteiger partial charge in [0.05, 0.1) is 0 Å². The van der Waals surface area contributed by atoms with Crippen molar-refractivity contribution in [2.24, 2.45) is 5.92 Å². The molecular weight excluding hydrogens is 410 g/mol. The molecule has 4 nitrogen and oxygen atoms in total. The summed E-state index contributed by atoms with van der Waals surface area (Å²) in [5.41, 5.74) is 1.19. The van der Waals surface area contributed by atoms with Crippen LogP contribution < -0.4 is 5.32 Å². The van der Waals surface area contributed by atoms with Gasteiger partial charge in [0, 0.05) is 23.7 Å². The first-order valence-corrected chi connectivity index (χ1v) is 10.4. The van der Waals surface area contributed by atoms with Crippen LogP contribution in [-0.2, 0) is 4.79 Å². The molecule has 0 radical (unpaired) electrons. The Morgan fingerprint density at radius 2 is 1.67 bits per heavy atom. The Hall–Kier alpha value is -2.47. The van der Waals surface area contributed by atoms with E-state index in [0.717, 1.165) is 25.0 Å². The van der Waals surface area contributed by atoms with Gasteiger partial charge in [-0.3, -0.25) is 9.59 Å². The van der Waals surface area contributed by atoms with E-state index in [0.29, 0.717) is 24.0 Å². The van der Waals surface area contributed by atoms with Crippen molar-refractivity contribution >= 4 is 23.4 Å². The summed E-state index contributed by atoms with van der Waals surface area (Å²) in [7, 11) is 0. The van der Waals surface area contributed by atoms with E-state index >= 15 is 0 Å². The van der Waals surface area contributed by atoms with E-state index < -0.39 is 23.6 Å². The normalized spacial score (nSPS) is 15.9. The number of rotatable bonds is 5. The first-order valence-electron chi connectivity index (χ1n) is 10.1. The predicted octanol–water partition coefficient (Wildman–Crippen LogP) is 4.78. The van der Waals surface area contributed by atoms with Gasteiger partial charge in [-0.25, -0.2) is 8.78 Å². The molecule has 30 heavy (non-hydrogen) atoms. The van der Waals surface area contributed by atoms with Crippen molar-refractivity contribution in [2.45, 2.75) is 38.6 Å². The van der Waals surface area contributed by atoms with Crippen molar-refractivity contribution in [3.63, 3.8) is 0 Å². The van der Waals surface area contributed by atoms with Crippen molar-refractivity contribution < 1.29 is 18.4 Å². The van der Waals surface area contributed by atoms with Gasteiger partial charge in [0.25, 0.3) is 5.91 Å². The Morgan fingerprint density at radius 1 is 1.03 bits per heavy atom. The lowest BCUT2D eigenvalue weighted by Crippen LogP contribution is -2.52. The van der Waals surface area contributed by atoms with Crippen LogP contribution in [0.4, 0.5) is 8.78 Å². The van der Waals surface area contributed by atoms with E-state index in [1.54, 1.807) is 4.90 Å². The third kappa shape index (κ3) is 5.17. The summed E-state index contributed by atoms with van der Waals surface area (Å²) in [4.78, 5) is 27.3. The number of hydrogen-bond acceptors (Lipinski definition) is 2. The molecule has 3 rings (SSSR count). The van der Waals surface area contributed by atoms with Crippen LogP contribution in [0.25, 0.3) is 0 Å². The SMILES string of the molecule is CC(C)[C@@H](NC(=O)c1ccc(F)c(F)c1)C(=O)N1CCC(c2ccc(Cl)cc2)CC1. The second-order valence-corrected chi connectivity index (χ2v) is 8.41. The number of amides is 2. The summed E-state index contributed by atoms with van der Waals surface area (Å²) >= 11 is 5.96. The molecule has 1 heterocycles. The first-order chi connectivity index (χ1) is 14.3. The van der Waals surface area contributed by atoms with Gasteiger partial charge in [0.15, 0.2) is 11.6 Å². The number of benzene rings is 2. The summed E-state index contributed by atoms with van der Waals surface area (Å²) in [5.74, 6) is -2.67. The fourth-order valence-electron chi connectivity index (χ4n) is 3.74. The zero-order chi connectivity index (χ0) is 21.8.